The summed E-state index contributed by atoms with van der Waals surface area (Å²) in [7, 11) is -0.968. The number of nitrogens with zero attached hydrogens (tertiary/aromatic N) is 1. The van der Waals surface area contributed by atoms with E-state index in [9.17, 15) is 4.21 Å². The highest BCUT2D eigenvalue weighted by Crippen LogP contribution is 2.14. The molecule has 0 aliphatic rings. The van der Waals surface area contributed by atoms with Gasteiger partial charge in [0.05, 0.1) is 15.7 Å². The number of aromatic nitrogens is 1. The molecule has 4 heteroatoms. The molecular weight excluding hydrogens is 184 g/mol. The van der Waals surface area contributed by atoms with Crippen molar-refractivity contribution in [3.63, 3.8) is 0 Å². The molecule has 3 nitrogen and oxygen atoms in total. The summed E-state index contributed by atoms with van der Waals surface area (Å²) >= 11 is 0. The molecule has 0 radical (unpaired) electrons. The van der Waals surface area contributed by atoms with Crippen LogP contribution < -0.4 is 5.32 Å². The van der Waals surface area contributed by atoms with Gasteiger partial charge in [-0.3, -0.25) is 4.21 Å². The number of pyridine rings is 1. The summed E-state index contributed by atoms with van der Waals surface area (Å²) in [4.78, 5) is 4.86. The van der Waals surface area contributed by atoms with Crippen LogP contribution in [0.2, 0.25) is 0 Å². The van der Waals surface area contributed by atoms with Gasteiger partial charge in [-0.1, -0.05) is 6.58 Å². The zero-order valence-electron chi connectivity index (χ0n) is 7.70. The van der Waals surface area contributed by atoms with E-state index in [0.717, 1.165) is 16.3 Å². The van der Waals surface area contributed by atoms with Gasteiger partial charge in [0.15, 0.2) is 0 Å². The molecule has 13 heavy (non-hydrogen) atoms. The van der Waals surface area contributed by atoms with Gasteiger partial charge in [0, 0.05) is 12.5 Å². The predicted octanol–water partition coefficient (Wildman–Crippen LogP) is 1.68. The third-order valence-electron chi connectivity index (χ3n) is 1.62. The fourth-order valence-corrected chi connectivity index (χ4v) is 1.50. The molecule has 1 atom stereocenters. The van der Waals surface area contributed by atoms with Gasteiger partial charge in [-0.2, -0.15) is 0 Å². The normalized spacial score (nSPS) is 12.2. The minimum Gasteiger partial charge on any atom is -0.347 e. The number of hydrogen-bond acceptors (Lipinski definition) is 3. The SMILES string of the molecule is C=CNc1ncc(S(C)=O)cc1C. The Labute approximate surface area is 80.3 Å². The van der Waals surface area contributed by atoms with E-state index in [1.807, 2.05) is 13.0 Å². The Morgan fingerprint density at radius 3 is 2.85 bits per heavy atom. The summed E-state index contributed by atoms with van der Waals surface area (Å²) in [5, 5.41) is 2.90. The van der Waals surface area contributed by atoms with Crippen LogP contribution in [0.25, 0.3) is 0 Å². The zero-order valence-corrected chi connectivity index (χ0v) is 8.52. The second-order valence-electron chi connectivity index (χ2n) is 2.64. The molecule has 1 unspecified atom stereocenters. The van der Waals surface area contributed by atoms with Gasteiger partial charge in [0.2, 0.25) is 0 Å². The topological polar surface area (TPSA) is 42.0 Å². The van der Waals surface area contributed by atoms with Crippen LogP contribution in [0.3, 0.4) is 0 Å². The van der Waals surface area contributed by atoms with Gasteiger partial charge >= 0.3 is 0 Å². The lowest BCUT2D eigenvalue weighted by molar-refractivity contribution is 0.686. The first-order chi connectivity index (χ1) is 6.15. The minimum atomic E-state index is -0.968. The maximum absolute atomic E-state index is 11.1. The molecule has 1 N–H and O–H groups in total. The van der Waals surface area contributed by atoms with E-state index in [0.29, 0.717) is 0 Å². The lowest BCUT2D eigenvalue weighted by Gasteiger charge is -2.04. The van der Waals surface area contributed by atoms with Crippen LogP contribution in [-0.4, -0.2) is 15.4 Å². The Balaban J connectivity index is 3.04. The van der Waals surface area contributed by atoms with Crippen molar-refractivity contribution in [2.45, 2.75) is 11.8 Å². The molecule has 0 bridgehead atoms. The van der Waals surface area contributed by atoms with E-state index < -0.39 is 10.8 Å². The molecule has 0 saturated heterocycles. The Morgan fingerprint density at radius 2 is 2.38 bits per heavy atom. The van der Waals surface area contributed by atoms with Gasteiger partial charge in [0.25, 0.3) is 0 Å². The van der Waals surface area contributed by atoms with Crippen LogP contribution in [0.4, 0.5) is 5.82 Å². The molecule has 1 heterocycles. The van der Waals surface area contributed by atoms with Crippen LogP contribution >= 0.6 is 0 Å². The molecule has 0 spiro atoms. The molecule has 70 valence electrons. The number of nitrogens with one attached hydrogen (secondary N) is 1. The van der Waals surface area contributed by atoms with Gasteiger partial charge in [-0.25, -0.2) is 4.98 Å². The van der Waals surface area contributed by atoms with E-state index in [4.69, 9.17) is 0 Å². The summed E-state index contributed by atoms with van der Waals surface area (Å²) in [6.07, 6.45) is 4.81. The highest BCUT2D eigenvalue weighted by atomic mass is 32.2. The van der Waals surface area contributed by atoms with E-state index in [-0.39, 0.29) is 0 Å². The summed E-state index contributed by atoms with van der Waals surface area (Å²) in [6.45, 7) is 5.46. The monoisotopic (exact) mass is 196 g/mol. The molecular formula is C9H12N2OS. The average molecular weight is 196 g/mol. The zero-order chi connectivity index (χ0) is 9.84. The van der Waals surface area contributed by atoms with Crippen molar-refractivity contribution < 1.29 is 4.21 Å². The summed E-state index contributed by atoms with van der Waals surface area (Å²) in [6, 6.07) is 1.86. The Hall–Kier alpha value is -1.16. The van der Waals surface area contributed by atoms with E-state index in [1.54, 1.807) is 18.7 Å². The average Bonchev–Trinajstić information content (AvgIpc) is 2.08. The van der Waals surface area contributed by atoms with Crippen molar-refractivity contribution in [1.29, 1.82) is 0 Å². The largest absolute Gasteiger partial charge is 0.347 e. The molecule has 0 aromatic carbocycles. The lowest BCUT2D eigenvalue weighted by atomic mass is 10.3. The molecule has 0 aliphatic carbocycles. The predicted molar refractivity (Wildman–Crippen MR) is 55.1 cm³/mol. The minimum absolute atomic E-state index is 0.743. The Kier molecular flexibility index (Phi) is 3.19. The van der Waals surface area contributed by atoms with Crippen LogP contribution in [0.15, 0.2) is 29.9 Å². The maximum Gasteiger partial charge on any atom is 0.132 e. The molecule has 1 aromatic heterocycles. The summed E-state index contributed by atoms with van der Waals surface area (Å²) in [5.74, 6) is 0.754. The van der Waals surface area contributed by atoms with Crippen LogP contribution in [0, 0.1) is 6.92 Å². The maximum atomic E-state index is 11.1. The quantitative estimate of drug-likeness (QED) is 0.799. The third-order valence-corrected chi connectivity index (χ3v) is 2.51. The number of hydrogen-bond donors (Lipinski definition) is 1. The second-order valence-corrected chi connectivity index (χ2v) is 4.02. The Morgan fingerprint density at radius 1 is 1.69 bits per heavy atom. The first kappa shape index (κ1) is 9.92. The fourth-order valence-electron chi connectivity index (χ4n) is 0.954. The highest BCUT2D eigenvalue weighted by molar-refractivity contribution is 7.84. The van der Waals surface area contributed by atoms with Crippen LogP contribution in [0.1, 0.15) is 5.56 Å². The van der Waals surface area contributed by atoms with Crippen LogP contribution in [-0.2, 0) is 10.8 Å². The molecule has 0 amide bonds. The van der Waals surface area contributed by atoms with Crippen molar-refractivity contribution in [3.05, 3.63) is 30.6 Å². The van der Waals surface area contributed by atoms with Gasteiger partial charge in [-0.05, 0) is 24.8 Å². The Bertz CT molecular complexity index is 349. The fraction of sp³-hybridized carbons (Fsp3) is 0.222. The molecule has 0 fully saturated rings. The van der Waals surface area contributed by atoms with Crippen molar-refractivity contribution in [1.82, 2.24) is 4.98 Å². The first-order valence-corrected chi connectivity index (χ1v) is 5.38. The van der Waals surface area contributed by atoms with Gasteiger partial charge in [0.1, 0.15) is 5.82 Å². The van der Waals surface area contributed by atoms with E-state index in [2.05, 4.69) is 16.9 Å². The van der Waals surface area contributed by atoms with Crippen LogP contribution in [0.5, 0.6) is 0 Å². The van der Waals surface area contributed by atoms with E-state index in [1.165, 1.54) is 0 Å². The standard InChI is InChI=1S/C9H12N2OS/c1-4-10-9-7(2)5-8(6-11-9)13(3)12/h4-6H,1H2,2-3H3,(H,10,11). The lowest BCUT2D eigenvalue weighted by Crippen LogP contribution is -1.97. The molecule has 1 aromatic rings. The second kappa shape index (κ2) is 4.18. The number of aryl methyl sites for hydroxylation is 1. The van der Waals surface area contributed by atoms with Crippen molar-refractivity contribution >= 4 is 16.6 Å². The summed E-state index contributed by atoms with van der Waals surface area (Å²) < 4.78 is 11.1. The van der Waals surface area contributed by atoms with Crippen molar-refractivity contribution in [3.8, 4) is 0 Å². The summed E-state index contributed by atoms with van der Waals surface area (Å²) in [5.41, 5.74) is 0.965. The molecule has 1 rings (SSSR count). The number of anilines is 1. The van der Waals surface area contributed by atoms with Gasteiger partial charge < -0.3 is 5.32 Å². The van der Waals surface area contributed by atoms with Crippen molar-refractivity contribution in [2.75, 3.05) is 11.6 Å². The highest BCUT2D eigenvalue weighted by Gasteiger charge is 2.02. The molecule has 0 aliphatic heterocycles. The molecule has 0 saturated carbocycles. The smallest absolute Gasteiger partial charge is 0.132 e. The number of rotatable bonds is 3. The van der Waals surface area contributed by atoms with Crippen molar-refractivity contribution in [2.24, 2.45) is 0 Å². The van der Waals surface area contributed by atoms with Gasteiger partial charge in [-0.15, -0.1) is 0 Å². The first-order valence-electron chi connectivity index (χ1n) is 3.82. The third kappa shape index (κ3) is 2.39. The van der Waals surface area contributed by atoms with E-state index >= 15 is 0 Å².